The molecule has 118 valence electrons. The van der Waals surface area contributed by atoms with Crippen molar-refractivity contribution in [2.75, 3.05) is 11.4 Å². The van der Waals surface area contributed by atoms with E-state index in [1.165, 1.54) is 23.5 Å². The number of rotatable bonds is 8. The van der Waals surface area contributed by atoms with Gasteiger partial charge in [-0.2, -0.15) is 0 Å². The predicted octanol–water partition coefficient (Wildman–Crippen LogP) is 3.76. The molecule has 0 saturated carbocycles. The molecule has 6 heteroatoms. The highest BCUT2D eigenvalue weighted by Gasteiger charge is 2.13. The topological polar surface area (TPSA) is 73.7 Å². The summed E-state index contributed by atoms with van der Waals surface area (Å²) in [6.07, 6.45) is 5.16. The number of carbonyl (C=O) groups excluding carboxylic acids is 1. The molecule has 0 radical (unpaired) electrons. The molecule has 0 saturated heterocycles. The van der Waals surface area contributed by atoms with Gasteiger partial charge in [-0.1, -0.05) is 26.2 Å². The Bertz CT molecular complexity index is 628. The summed E-state index contributed by atoms with van der Waals surface area (Å²) in [7, 11) is 0. The number of benzene rings is 1. The van der Waals surface area contributed by atoms with Crippen molar-refractivity contribution in [1.29, 1.82) is 0 Å². The van der Waals surface area contributed by atoms with Crippen LogP contribution in [-0.2, 0) is 4.79 Å². The maximum Gasteiger partial charge on any atom is 0.215 e. The molecule has 2 rings (SSSR count). The highest BCUT2D eigenvalue weighted by molar-refractivity contribution is 7.14. The summed E-state index contributed by atoms with van der Waals surface area (Å²) in [4.78, 5) is 17.2. The monoisotopic (exact) mass is 320 g/mol. The molecule has 22 heavy (non-hydrogen) atoms. The molecule has 1 aromatic heterocycles. The number of amides is 1. The van der Waals surface area contributed by atoms with Crippen LogP contribution in [0.4, 0.5) is 5.13 Å². The second-order valence-electron chi connectivity index (χ2n) is 5.08. The fourth-order valence-electron chi connectivity index (χ4n) is 2.16. The standard InChI is InChI=1S/C16H20N2O3S/c1-2-3-4-5-8-18(11-19)16-17-14(10-22-16)13-7-6-12(20)9-15(13)21/h6-7,9-11,20-21H,2-5,8H2,1H3. The van der Waals surface area contributed by atoms with Crippen molar-refractivity contribution in [2.24, 2.45) is 0 Å². The number of phenolic OH excluding ortho intramolecular Hbond substituents is 2. The second kappa shape index (κ2) is 7.79. The average Bonchev–Trinajstić information content (AvgIpc) is 2.97. The molecule has 1 amide bonds. The predicted molar refractivity (Wildman–Crippen MR) is 88.4 cm³/mol. The van der Waals surface area contributed by atoms with Crippen LogP contribution in [0.15, 0.2) is 23.6 Å². The number of phenols is 2. The Morgan fingerprint density at radius 3 is 2.77 bits per heavy atom. The molecule has 0 fully saturated rings. The van der Waals surface area contributed by atoms with Gasteiger partial charge in [-0.15, -0.1) is 11.3 Å². The molecule has 0 aliphatic rings. The van der Waals surface area contributed by atoms with Gasteiger partial charge in [0.25, 0.3) is 0 Å². The third-order valence-electron chi connectivity index (χ3n) is 3.37. The van der Waals surface area contributed by atoms with Crippen molar-refractivity contribution in [2.45, 2.75) is 32.6 Å². The van der Waals surface area contributed by atoms with Crippen LogP contribution in [0.5, 0.6) is 11.5 Å². The smallest absolute Gasteiger partial charge is 0.215 e. The third-order valence-corrected chi connectivity index (χ3v) is 4.25. The van der Waals surface area contributed by atoms with E-state index in [1.807, 2.05) is 0 Å². The quantitative estimate of drug-likeness (QED) is 0.573. The van der Waals surface area contributed by atoms with E-state index in [-0.39, 0.29) is 11.5 Å². The average molecular weight is 320 g/mol. The van der Waals surface area contributed by atoms with E-state index in [2.05, 4.69) is 11.9 Å². The molecule has 0 aliphatic carbocycles. The highest BCUT2D eigenvalue weighted by Crippen LogP contribution is 2.34. The summed E-state index contributed by atoms with van der Waals surface area (Å²) in [5.41, 5.74) is 1.13. The van der Waals surface area contributed by atoms with E-state index in [4.69, 9.17) is 0 Å². The van der Waals surface area contributed by atoms with Crippen LogP contribution in [0.3, 0.4) is 0 Å². The van der Waals surface area contributed by atoms with Gasteiger partial charge >= 0.3 is 0 Å². The highest BCUT2D eigenvalue weighted by atomic mass is 32.1. The molecule has 0 unspecified atom stereocenters. The minimum atomic E-state index is -0.0301. The molecule has 2 N–H and O–H groups in total. The Hall–Kier alpha value is -2.08. The molecule has 0 atom stereocenters. The fourth-order valence-corrected chi connectivity index (χ4v) is 2.98. The second-order valence-corrected chi connectivity index (χ2v) is 5.91. The Morgan fingerprint density at radius 2 is 2.09 bits per heavy atom. The van der Waals surface area contributed by atoms with Crippen LogP contribution in [0.2, 0.25) is 0 Å². The van der Waals surface area contributed by atoms with Crippen molar-refractivity contribution >= 4 is 22.9 Å². The first-order valence-corrected chi connectivity index (χ1v) is 8.23. The Kier molecular flexibility index (Phi) is 5.77. The Labute approximate surface area is 133 Å². The lowest BCUT2D eigenvalue weighted by molar-refractivity contribution is -0.107. The normalized spacial score (nSPS) is 10.6. The zero-order valence-corrected chi connectivity index (χ0v) is 13.3. The number of aromatic hydroxyl groups is 2. The lowest BCUT2D eigenvalue weighted by Crippen LogP contribution is -2.22. The van der Waals surface area contributed by atoms with Gasteiger partial charge in [0, 0.05) is 23.6 Å². The van der Waals surface area contributed by atoms with Gasteiger partial charge in [-0.05, 0) is 18.6 Å². The van der Waals surface area contributed by atoms with Crippen molar-refractivity contribution < 1.29 is 15.0 Å². The van der Waals surface area contributed by atoms with Gasteiger partial charge in [-0.3, -0.25) is 9.69 Å². The van der Waals surface area contributed by atoms with Crippen LogP contribution in [0, 0.1) is 0 Å². The Balaban J connectivity index is 2.10. The van der Waals surface area contributed by atoms with Crippen LogP contribution < -0.4 is 4.90 Å². The Morgan fingerprint density at radius 1 is 1.27 bits per heavy atom. The first-order chi connectivity index (χ1) is 10.7. The third kappa shape index (κ3) is 3.98. The zero-order chi connectivity index (χ0) is 15.9. The number of anilines is 1. The summed E-state index contributed by atoms with van der Waals surface area (Å²) in [6, 6.07) is 4.38. The van der Waals surface area contributed by atoms with Crippen molar-refractivity contribution in [3.63, 3.8) is 0 Å². The van der Waals surface area contributed by atoms with Gasteiger partial charge in [0.1, 0.15) is 11.5 Å². The maximum absolute atomic E-state index is 11.2. The molecular formula is C16H20N2O3S. The van der Waals surface area contributed by atoms with Crippen LogP contribution in [0.1, 0.15) is 32.6 Å². The first kappa shape index (κ1) is 16.3. The number of carbonyl (C=O) groups is 1. The lowest BCUT2D eigenvalue weighted by atomic mass is 10.1. The van der Waals surface area contributed by atoms with Gasteiger partial charge in [0.15, 0.2) is 5.13 Å². The van der Waals surface area contributed by atoms with Crippen LogP contribution >= 0.6 is 11.3 Å². The van der Waals surface area contributed by atoms with Crippen molar-refractivity contribution in [3.8, 4) is 22.8 Å². The first-order valence-electron chi connectivity index (χ1n) is 7.35. The number of thiazole rings is 1. The number of hydrogen-bond acceptors (Lipinski definition) is 5. The minimum Gasteiger partial charge on any atom is -0.508 e. The molecule has 0 bridgehead atoms. The summed E-state index contributed by atoms with van der Waals surface area (Å²) in [6.45, 7) is 2.80. The molecule has 0 spiro atoms. The van der Waals surface area contributed by atoms with E-state index in [9.17, 15) is 15.0 Å². The largest absolute Gasteiger partial charge is 0.508 e. The van der Waals surface area contributed by atoms with Gasteiger partial charge < -0.3 is 10.2 Å². The van der Waals surface area contributed by atoms with Crippen LogP contribution in [-0.4, -0.2) is 28.2 Å². The van der Waals surface area contributed by atoms with Crippen molar-refractivity contribution in [3.05, 3.63) is 23.6 Å². The SMILES string of the molecule is CCCCCCN(C=O)c1nc(-c2ccc(O)cc2O)cs1. The fraction of sp³-hybridized carbons (Fsp3) is 0.375. The summed E-state index contributed by atoms with van der Waals surface area (Å²) >= 11 is 1.36. The molecule has 2 aromatic rings. The lowest BCUT2D eigenvalue weighted by Gasteiger charge is -2.13. The van der Waals surface area contributed by atoms with Crippen molar-refractivity contribution in [1.82, 2.24) is 4.98 Å². The molecule has 1 aromatic carbocycles. The molecule has 5 nitrogen and oxygen atoms in total. The molecule has 1 heterocycles. The molecule has 0 aliphatic heterocycles. The minimum absolute atomic E-state index is 0.00199. The van der Waals surface area contributed by atoms with Gasteiger partial charge in [0.05, 0.1) is 5.69 Å². The number of hydrogen-bond donors (Lipinski definition) is 2. The van der Waals surface area contributed by atoms with E-state index in [0.717, 1.165) is 32.1 Å². The summed E-state index contributed by atoms with van der Waals surface area (Å²) in [5, 5.41) is 21.6. The molecular weight excluding hydrogens is 300 g/mol. The maximum atomic E-state index is 11.2. The van der Waals surface area contributed by atoms with Gasteiger partial charge in [-0.25, -0.2) is 4.98 Å². The summed E-state index contributed by atoms with van der Waals surface area (Å²) < 4.78 is 0. The van der Waals surface area contributed by atoms with E-state index < -0.39 is 0 Å². The zero-order valence-electron chi connectivity index (χ0n) is 12.5. The van der Waals surface area contributed by atoms with E-state index in [0.29, 0.717) is 22.9 Å². The number of nitrogens with zero attached hydrogens (tertiary/aromatic N) is 2. The number of unbranched alkanes of at least 4 members (excludes halogenated alkanes) is 3. The number of aromatic nitrogens is 1. The van der Waals surface area contributed by atoms with Crippen LogP contribution in [0.25, 0.3) is 11.3 Å². The van der Waals surface area contributed by atoms with E-state index in [1.54, 1.807) is 16.3 Å². The van der Waals surface area contributed by atoms with Gasteiger partial charge in [0.2, 0.25) is 6.41 Å². The van der Waals surface area contributed by atoms with E-state index >= 15 is 0 Å². The summed E-state index contributed by atoms with van der Waals surface area (Å²) in [5.74, 6) is -0.0282.